The average molecular weight is 269 g/mol. The number of hydrogen-bond donors (Lipinski definition) is 0. The van der Waals surface area contributed by atoms with E-state index in [1.807, 2.05) is 60.1 Å². The molecule has 1 aromatic carbocycles. The normalized spacial score (nSPS) is 10.7. The summed E-state index contributed by atoms with van der Waals surface area (Å²) in [6.45, 7) is 0.622. The fraction of sp³-hybridized carbons (Fsp3) is 0.214. The van der Waals surface area contributed by atoms with Gasteiger partial charge in [-0.15, -0.1) is 0 Å². The van der Waals surface area contributed by atoms with Crippen LogP contribution < -0.4 is 4.90 Å². The minimum Gasteiger partial charge on any atom is -0.337 e. The zero-order chi connectivity index (χ0) is 13.9. The van der Waals surface area contributed by atoms with Gasteiger partial charge in [0.15, 0.2) is 0 Å². The highest BCUT2D eigenvalue weighted by atomic mass is 16.5. The van der Waals surface area contributed by atoms with E-state index in [1.54, 1.807) is 6.20 Å². The van der Waals surface area contributed by atoms with Crippen LogP contribution in [0.15, 0.2) is 47.2 Å². The molecule has 6 nitrogen and oxygen atoms in total. The van der Waals surface area contributed by atoms with Gasteiger partial charge < -0.3 is 14.0 Å². The molecule has 0 saturated carbocycles. The molecule has 20 heavy (non-hydrogen) atoms. The van der Waals surface area contributed by atoms with E-state index in [4.69, 9.17) is 4.52 Å². The standard InChI is InChI=1S/C14H15N5O/c1-18-9-8-15-12(18)10-19(2)14-16-13(20-17-14)11-6-4-3-5-7-11/h3-9H,10H2,1-2H3. The van der Waals surface area contributed by atoms with Gasteiger partial charge in [-0.05, 0) is 17.3 Å². The van der Waals surface area contributed by atoms with Crippen molar-refractivity contribution in [1.29, 1.82) is 0 Å². The van der Waals surface area contributed by atoms with Gasteiger partial charge in [0, 0.05) is 32.1 Å². The molecule has 0 fully saturated rings. The van der Waals surface area contributed by atoms with E-state index in [0.29, 0.717) is 18.4 Å². The van der Waals surface area contributed by atoms with E-state index in [-0.39, 0.29) is 0 Å². The molecule has 0 unspecified atom stereocenters. The molecule has 0 radical (unpaired) electrons. The molecule has 3 aromatic rings. The molecule has 0 amide bonds. The zero-order valence-electron chi connectivity index (χ0n) is 11.4. The lowest BCUT2D eigenvalue weighted by molar-refractivity contribution is 0.429. The van der Waals surface area contributed by atoms with Crippen LogP contribution in [0.4, 0.5) is 5.95 Å². The number of imidazole rings is 1. The molecule has 102 valence electrons. The van der Waals surface area contributed by atoms with Crippen LogP contribution in [0.2, 0.25) is 0 Å². The molecule has 0 spiro atoms. The Morgan fingerprint density at radius 3 is 2.75 bits per heavy atom. The second-order valence-electron chi connectivity index (χ2n) is 4.58. The number of rotatable bonds is 4. The SMILES string of the molecule is CN(Cc1nccn1C)c1noc(-c2ccccc2)n1. The number of benzene rings is 1. The first-order chi connectivity index (χ1) is 9.74. The summed E-state index contributed by atoms with van der Waals surface area (Å²) in [5, 5.41) is 4.01. The van der Waals surface area contributed by atoms with E-state index in [1.165, 1.54) is 0 Å². The van der Waals surface area contributed by atoms with Crippen molar-refractivity contribution in [2.45, 2.75) is 6.54 Å². The first-order valence-corrected chi connectivity index (χ1v) is 6.30. The smallest absolute Gasteiger partial charge is 0.266 e. The van der Waals surface area contributed by atoms with Crippen LogP contribution in [-0.4, -0.2) is 26.7 Å². The Balaban J connectivity index is 1.78. The molecule has 2 aromatic heterocycles. The molecular formula is C14H15N5O. The Morgan fingerprint density at radius 2 is 2.05 bits per heavy atom. The molecular weight excluding hydrogens is 254 g/mol. The summed E-state index contributed by atoms with van der Waals surface area (Å²) in [5.74, 6) is 2.01. The molecule has 2 heterocycles. The first kappa shape index (κ1) is 12.4. The molecule has 0 aliphatic carbocycles. The number of aryl methyl sites for hydroxylation is 1. The van der Waals surface area contributed by atoms with Crippen LogP contribution >= 0.6 is 0 Å². The summed E-state index contributed by atoms with van der Waals surface area (Å²) < 4.78 is 7.26. The Morgan fingerprint density at radius 1 is 1.25 bits per heavy atom. The maximum Gasteiger partial charge on any atom is 0.266 e. The largest absolute Gasteiger partial charge is 0.337 e. The predicted octanol–water partition coefficient (Wildman–Crippen LogP) is 2.11. The van der Waals surface area contributed by atoms with Crippen molar-refractivity contribution in [3.8, 4) is 11.5 Å². The van der Waals surface area contributed by atoms with Gasteiger partial charge in [-0.2, -0.15) is 4.98 Å². The van der Waals surface area contributed by atoms with E-state index < -0.39 is 0 Å². The van der Waals surface area contributed by atoms with Gasteiger partial charge >= 0.3 is 0 Å². The summed E-state index contributed by atoms with van der Waals surface area (Å²) in [6.07, 6.45) is 3.68. The number of anilines is 1. The van der Waals surface area contributed by atoms with Crippen LogP contribution in [0.5, 0.6) is 0 Å². The van der Waals surface area contributed by atoms with Gasteiger partial charge in [-0.3, -0.25) is 0 Å². The lowest BCUT2D eigenvalue weighted by Crippen LogP contribution is -2.20. The molecule has 0 atom stereocenters. The van der Waals surface area contributed by atoms with Crippen molar-refractivity contribution in [1.82, 2.24) is 19.7 Å². The van der Waals surface area contributed by atoms with Gasteiger partial charge in [-0.1, -0.05) is 18.2 Å². The topological polar surface area (TPSA) is 60.0 Å². The lowest BCUT2D eigenvalue weighted by atomic mass is 10.2. The summed E-state index contributed by atoms with van der Waals surface area (Å²) in [6, 6.07) is 9.72. The van der Waals surface area contributed by atoms with Crippen LogP contribution in [0.1, 0.15) is 5.82 Å². The maximum absolute atomic E-state index is 5.29. The molecule has 0 aliphatic rings. The van der Waals surface area contributed by atoms with Crippen molar-refractivity contribution >= 4 is 5.95 Å². The van der Waals surface area contributed by atoms with Crippen molar-refractivity contribution in [3.05, 3.63) is 48.5 Å². The minimum absolute atomic E-state index is 0.521. The Kier molecular flexibility index (Phi) is 3.20. The zero-order valence-corrected chi connectivity index (χ0v) is 11.4. The fourth-order valence-electron chi connectivity index (χ4n) is 1.90. The van der Waals surface area contributed by atoms with E-state index >= 15 is 0 Å². The third-order valence-corrected chi connectivity index (χ3v) is 3.08. The molecule has 0 N–H and O–H groups in total. The highest BCUT2D eigenvalue weighted by Crippen LogP contribution is 2.19. The van der Waals surface area contributed by atoms with Crippen molar-refractivity contribution in [2.24, 2.45) is 7.05 Å². The van der Waals surface area contributed by atoms with E-state index in [2.05, 4.69) is 15.1 Å². The first-order valence-electron chi connectivity index (χ1n) is 6.30. The number of nitrogens with zero attached hydrogens (tertiary/aromatic N) is 5. The van der Waals surface area contributed by atoms with Crippen LogP contribution in [0, 0.1) is 0 Å². The third kappa shape index (κ3) is 2.40. The highest BCUT2D eigenvalue weighted by molar-refractivity contribution is 5.53. The van der Waals surface area contributed by atoms with Gasteiger partial charge in [-0.25, -0.2) is 4.98 Å². The van der Waals surface area contributed by atoms with E-state index in [9.17, 15) is 0 Å². The summed E-state index contributed by atoms with van der Waals surface area (Å²) in [7, 11) is 3.87. The maximum atomic E-state index is 5.29. The van der Waals surface area contributed by atoms with Crippen molar-refractivity contribution < 1.29 is 4.52 Å². The van der Waals surface area contributed by atoms with Gasteiger partial charge in [0.1, 0.15) is 5.82 Å². The minimum atomic E-state index is 0.521. The Hall–Kier alpha value is -2.63. The average Bonchev–Trinajstić information content (AvgIpc) is 3.10. The Bertz CT molecular complexity index is 688. The van der Waals surface area contributed by atoms with Crippen LogP contribution in [0.25, 0.3) is 11.5 Å². The van der Waals surface area contributed by atoms with Gasteiger partial charge in [0.05, 0.1) is 6.54 Å². The second kappa shape index (κ2) is 5.16. The predicted molar refractivity (Wildman–Crippen MR) is 75.0 cm³/mol. The fourth-order valence-corrected chi connectivity index (χ4v) is 1.90. The molecule has 3 rings (SSSR count). The molecule has 0 saturated heterocycles. The molecule has 0 bridgehead atoms. The molecule has 6 heteroatoms. The summed E-state index contributed by atoms with van der Waals surface area (Å²) in [4.78, 5) is 10.6. The van der Waals surface area contributed by atoms with E-state index in [0.717, 1.165) is 11.4 Å². The molecule has 0 aliphatic heterocycles. The van der Waals surface area contributed by atoms with Crippen LogP contribution in [-0.2, 0) is 13.6 Å². The van der Waals surface area contributed by atoms with Crippen molar-refractivity contribution in [3.63, 3.8) is 0 Å². The number of hydrogen-bond acceptors (Lipinski definition) is 5. The lowest BCUT2D eigenvalue weighted by Gasteiger charge is -2.13. The number of aromatic nitrogens is 4. The monoisotopic (exact) mass is 269 g/mol. The van der Waals surface area contributed by atoms with Gasteiger partial charge in [0.2, 0.25) is 0 Å². The Labute approximate surface area is 116 Å². The quantitative estimate of drug-likeness (QED) is 0.726. The summed E-state index contributed by atoms with van der Waals surface area (Å²) in [5.41, 5.74) is 0.914. The van der Waals surface area contributed by atoms with Crippen LogP contribution in [0.3, 0.4) is 0 Å². The highest BCUT2D eigenvalue weighted by Gasteiger charge is 2.13. The van der Waals surface area contributed by atoms with Gasteiger partial charge in [0.25, 0.3) is 11.8 Å². The third-order valence-electron chi connectivity index (χ3n) is 3.08. The summed E-state index contributed by atoms with van der Waals surface area (Å²) >= 11 is 0. The van der Waals surface area contributed by atoms with Crippen molar-refractivity contribution in [2.75, 3.05) is 11.9 Å². The second-order valence-corrected chi connectivity index (χ2v) is 4.58.